The Labute approximate surface area is 100.0 Å². The van der Waals surface area contributed by atoms with Gasteiger partial charge in [-0.05, 0) is 43.7 Å². The van der Waals surface area contributed by atoms with E-state index in [9.17, 15) is 9.18 Å². The van der Waals surface area contributed by atoms with E-state index in [2.05, 4.69) is 5.32 Å². The van der Waals surface area contributed by atoms with Crippen molar-refractivity contribution in [2.24, 2.45) is 5.73 Å². The summed E-state index contributed by atoms with van der Waals surface area (Å²) in [7, 11) is 0. The number of carbonyl (C=O) groups excluding carboxylic acids is 1. The number of ether oxygens (including phenoxy) is 1. The largest absolute Gasteiger partial charge is 0.484 e. The third-order valence-electron chi connectivity index (χ3n) is 2.14. The molecule has 0 heterocycles. The Bertz CT molecular complexity index is 341. The first kappa shape index (κ1) is 13.4. The second kappa shape index (κ2) is 7.62. The van der Waals surface area contributed by atoms with Crippen LogP contribution in [0.4, 0.5) is 4.39 Å². The summed E-state index contributed by atoms with van der Waals surface area (Å²) < 4.78 is 17.8. The van der Waals surface area contributed by atoms with Crippen molar-refractivity contribution in [3.8, 4) is 5.75 Å². The standard InChI is InChI=1S/C12H17FN2O2/c13-10-3-5-11(6-4-10)17-9-12(16)15-8-2-1-7-14/h3-6H,1-2,7-9,14H2,(H,15,16). The van der Waals surface area contributed by atoms with Crippen molar-refractivity contribution >= 4 is 5.91 Å². The maximum atomic E-state index is 12.6. The van der Waals surface area contributed by atoms with Crippen LogP contribution in [-0.2, 0) is 4.79 Å². The summed E-state index contributed by atoms with van der Waals surface area (Å²) in [4.78, 5) is 11.3. The molecule has 0 aromatic heterocycles. The molecule has 0 saturated carbocycles. The zero-order valence-corrected chi connectivity index (χ0v) is 9.62. The summed E-state index contributed by atoms with van der Waals surface area (Å²) in [5, 5.41) is 2.71. The van der Waals surface area contributed by atoms with Gasteiger partial charge in [0.1, 0.15) is 11.6 Å². The Morgan fingerprint density at radius 1 is 1.29 bits per heavy atom. The Hall–Kier alpha value is -1.62. The zero-order valence-electron chi connectivity index (χ0n) is 9.62. The highest BCUT2D eigenvalue weighted by Crippen LogP contribution is 2.10. The summed E-state index contributed by atoms with van der Waals surface area (Å²) in [6.45, 7) is 1.17. The average molecular weight is 240 g/mol. The minimum atomic E-state index is -0.330. The lowest BCUT2D eigenvalue weighted by Gasteiger charge is -2.07. The molecule has 0 atom stereocenters. The molecule has 0 aliphatic carbocycles. The van der Waals surface area contributed by atoms with Gasteiger partial charge in [0.15, 0.2) is 6.61 Å². The van der Waals surface area contributed by atoms with Crippen LogP contribution in [0.2, 0.25) is 0 Å². The number of unbranched alkanes of at least 4 members (excludes halogenated alkanes) is 1. The summed E-state index contributed by atoms with van der Waals surface area (Å²) in [5.41, 5.74) is 5.32. The van der Waals surface area contributed by atoms with Crippen LogP contribution in [-0.4, -0.2) is 25.6 Å². The van der Waals surface area contributed by atoms with Crippen LogP contribution in [0.3, 0.4) is 0 Å². The topological polar surface area (TPSA) is 64.3 Å². The lowest BCUT2D eigenvalue weighted by Crippen LogP contribution is -2.29. The fraction of sp³-hybridized carbons (Fsp3) is 0.417. The van der Waals surface area contributed by atoms with Crippen LogP contribution >= 0.6 is 0 Å². The summed E-state index contributed by atoms with van der Waals surface area (Å²) in [5.74, 6) is -0.0431. The normalized spacial score (nSPS) is 10.0. The monoisotopic (exact) mass is 240 g/mol. The number of halogens is 1. The molecule has 1 amide bonds. The third-order valence-corrected chi connectivity index (χ3v) is 2.14. The number of amides is 1. The second-order valence-electron chi connectivity index (χ2n) is 3.59. The predicted molar refractivity (Wildman–Crippen MR) is 63.2 cm³/mol. The number of nitrogens with two attached hydrogens (primary N) is 1. The molecule has 0 radical (unpaired) electrons. The minimum Gasteiger partial charge on any atom is -0.484 e. The van der Waals surface area contributed by atoms with E-state index in [0.29, 0.717) is 18.8 Å². The van der Waals surface area contributed by atoms with E-state index < -0.39 is 0 Å². The van der Waals surface area contributed by atoms with Gasteiger partial charge in [0, 0.05) is 6.54 Å². The molecule has 0 fully saturated rings. The molecule has 3 N–H and O–H groups in total. The molecule has 17 heavy (non-hydrogen) atoms. The van der Waals surface area contributed by atoms with E-state index in [0.717, 1.165) is 12.8 Å². The van der Waals surface area contributed by atoms with Gasteiger partial charge in [0.05, 0.1) is 0 Å². The molecule has 5 heteroatoms. The highest BCUT2D eigenvalue weighted by Gasteiger charge is 2.01. The van der Waals surface area contributed by atoms with Crippen molar-refractivity contribution in [3.63, 3.8) is 0 Å². The van der Waals surface area contributed by atoms with Crippen molar-refractivity contribution in [1.82, 2.24) is 5.32 Å². The molecule has 0 aliphatic rings. The smallest absolute Gasteiger partial charge is 0.257 e. The molecular formula is C12H17FN2O2. The van der Waals surface area contributed by atoms with Crippen LogP contribution in [0, 0.1) is 5.82 Å². The SMILES string of the molecule is NCCCCNC(=O)COc1ccc(F)cc1. The van der Waals surface area contributed by atoms with Crippen molar-refractivity contribution in [2.75, 3.05) is 19.7 Å². The lowest BCUT2D eigenvalue weighted by atomic mass is 10.3. The first-order chi connectivity index (χ1) is 8.22. The van der Waals surface area contributed by atoms with E-state index in [1.807, 2.05) is 0 Å². The molecule has 1 rings (SSSR count). The van der Waals surface area contributed by atoms with E-state index in [-0.39, 0.29) is 18.3 Å². The maximum Gasteiger partial charge on any atom is 0.257 e. The van der Waals surface area contributed by atoms with Gasteiger partial charge in [0.2, 0.25) is 0 Å². The van der Waals surface area contributed by atoms with Gasteiger partial charge in [0.25, 0.3) is 5.91 Å². The Kier molecular flexibility index (Phi) is 6.03. The van der Waals surface area contributed by atoms with E-state index in [1.165, 1.54) is 24.3 Å². The number of benzene rings is 1. The fourth-order valence-corrected chi connectivity index (χ4v) is 1.23. The number of rotatable bonds is 7. The lowest BCUT2D eigenvalue weighted by molar-refractivity contribution is -0.123. The molecule has 0 bridgehead atoms. The van der Waals surface area contributed by atoms with Gasteiger partial charge in [-0.3, -0.25) is 4.79 Å². The molecule has 0 saturated heterocycles. The number of nitrogens with one attached hydrogen (secondary N) is 1. The van der Waals surface area contributed by atoms with Gasteiger partial charge in [-0.25, -0.2) is 4.39 Å². The van der Waals surface area contributed by atoms with Crippen molar-refractivity contribution < 1.29 is 13.9 Å². The second-order valence-corrected chi connectivity index (χ2v) is 3.59. The predicted octanol–water partition coefficient (Wildman–Crippen LogP) is 1.06. The minimum absolute atomic E-state index is 0.0613. The molecule has 0 unspecified atom stereocenters. The van der Waals surface area contributed by atoms with E-state index in [4.69, 9.17) is 10.5 Å². The molecule has 1 aromatic carbocycles. The first-order valence-electron chi connectivity index (χ1n) is 5.57. The molecule has 0 aliphatic heterocycles. The fourth-order valence-electron chi connectivity index (χ4n) is 1.23. The van der Waals surface area contributed by atoms with Gasteiger partial charge in [-0.15, -0.1) is 0 Å². The quantitative estimate of drug-likeness (QED) is 0.700. The van der Waals surface area contributed by atoms with Gasteiger partial charge in [-0.2, -0.15) is 0 Å². The molecule has 0 spiro atoms. The maximum absolute atomic E-state index is 12.6. The third kappa shape index (κ3) is 5.87. The Morgan fingerprint density at radius 3 is 2.65 bits per heavy atom. The van der Waals surface area contributed by atoms with E-state index in [1.54, 1.807) is 0 Å². The van der Waals surface area contributed by atoms with Crippen molar-refractivity contribution in [3.05, 3.63) is 30.1 Å². The summed E-state index contributed by atoms with van der Waals surface area (Å²) in [6, 6.07) is 5.54. The van der Waals surface area contributed by atoms with Crippen LogP contribution in [0.1, 0.15) is 12.8 Å². The van der Waals surface area contributed by atoms with Crippen molar-refractivity contribution in [2.45, 2.75) is 12.8 Å². The van der Waals surface area contributed by atoms with E-state index >= 15 is 0 Å². The highest BCUT2D eigenvalue weighted by molar-refractivity contribution is 5.77. The summed E-state index contributed by atoms with van der Waals surface area (Å²) in [6.07, 6.45) is 1.75. The molecule has 94 valence electrons. The molecular weight excluding hydrogens is 223 g/mol. The average Bonchev–Trinajstić information content (AvgIpc) is 2.34. The van der Waals surface area contributed by atoms with Gasteiger partial charge in [-0.1, -0.05) is 0 Å². The number of carbonyl (C=O) groups is 1. The summed E-state index contributed by atoms with van der Waals surface area (Å²) >= 11 is 0. The highest BCUT2D eigenvalue weighted by atomic mass is 19.1. The van der Waals surface area contributed by atoms with Gasteiger partial charge < -0.3 is 15.8 Å². The Morgan fingerprint density at radius 2 is 2.00 bits per heavy atom. The van der Waals surface area contributed by atoms with Crippen LogP contribution in [0.5, 0.6) is 5.75 Å². The molecule has 1 aromatic rings. The Balaban J connectivity index is 2.17. The van der Waals surface area contributed by atoms with Gasteiger partial charge >= 0.3 is 0 Å². The number of hydrogen-bond donors (Lipinski definition) is 2. The van der Waals surface area contributed by atoms with Crippen LogP contribution in [0.25, 0.3) is 0 Å². The zero-order chi connectivity index (χ0) is 12.5. The molecule has 4 nitrogen and oxygen atoms in total. The van der Waals surface area contributed by atoms with Crippen LogP contribution in [0.15, 0.2) is 24.3 Å². The van der Waals surface area contributed by atoms with Crippen molar-refractivity contribution in [1.29, 1.82) is 0 Å². The van der Waals surface area contributed by atoms with Crippen LogP contribution < -0.4 is 15.8 Å². The first-order valence-corrected chi connectivity index (χ1v) is 5.57. The number of hydrogen-bond acceptors (Lipinski definition) is 3.